The number of aldehydes is 1. The molecule has 0 fully saturated rings. The van der Waals surface area contributed by atoms with Gasteiger partial charge < -0.3 is 57.8 Å². The van der Waals surface area contributed by atoms with Crippen molar-refractivity contribution in [1.29, 1.82) is 0 Å². The Morgan fingerprint density at radius 3 is 1.47 bits per heavy atom. The Morgan fingerprint density at radius 2 is 1.02 bits per heavy atom. The highest BCUT2D eigenvalue weighted by atomic mass is 127. The molecule has 0 atom stereocenters. The highest BCUT2D eigenvalue weighted by Crippen LogP contribution is 2.37. The molecule has 9 heteroatoms. The number of para-hydroxylation sites is 2. The molecule has 276 valence electrons. The molecule has 4 aliphatic rings. The molecule has 0 spiro atoms. The largest absolute Gasteiger partial charge is 1.00 e. The van der Waals surface area contributed by atoms with Gasteiger partial charge in [-0.3, -0.25) is 4.79 Å². The van der Waals surface area contributed by atoms with Gasteiger partial charge in [0.05, 0.1) is 0 Å². The van der Waals surface area contributed by atoms with Crippen LogP contribution in [0.2, 0.25) is 0 Å². The minimum absolute atomic E-state index is 0. The summed E-state index contributed by atoms with van der Waals surface area (Å²) < 4.78 is 7.23. The summed E-state index contributed by atoms with van der Waals surface area (Å²) >= 11 is 3.70. The van der Waals surface area contributed by atoms with Crippen LogP contribution in [0, 0.1) is 6.92 Å². The van der Waals surface area contributed by atoms with Gasteiger partial charge in [0.25, 0.3) is 5.01 Å². The molecule has 10 rings (SSSR count). The molecule has 2 aromatic heterocycles. The van der Waals surface area contributed by atoms with E-state index in [1.165, 1.54) is 118 Å². The topological polar surface area (TPSA) is 31.3 Å². The van der Waals surface area contributed by atoms with E-state index in [9.17, 15) is 4.79 Å². The molecular formula is C44H48I2N4OS2. The number of fused-ring (bicyclic) bond motifs is 2. The number of aromatic nitrogens is 2. The zero-order valence-electron chi connectivity index (χ0n) is 30.9. The predicted molar refractivity (Wildman–Crippen MR) is 216 cm³/mol. The Morgan fingerprint density at radius 1 is 0.585 bits per heavy atom. The van der Waals surface area contributed by atoms with Crippen molar-refractivity contribution in [1.82, 2.24) is 0 Å². The van der Waals surface area contributed by atoms with Crippen LogP contribution in [0.15, 0.2) is 72.8 Å². The van der Waals surface area contributed by atoms with Gasteiger partial charge in [-0.05, 0) is 122 Å². The second-order valence-electron chi connectivity index (χ2n) is 14.3. The van der Waals surface area contributed by atoms with Crippen molar-refractivity contribution >= 4 is 72.9 Å². The molecule has 4 aromatic carbocycles. The maximum atomic E-state index is 10.8. The summed E-state index contributed by atoms with van der Waals surface area (Å²) in [4.78, 5) is 15.9. The summed E-state index contributed by atoms with van der Waals surface area (Å²) in [5, 5.41) is 2.65. The van der Waals surface area contributed by atoms with E-state index in [4.69, 9.17) is 0 Å². The van der Waals surface area contributed by atoms with Crippen molar-refractivity contribution in [3.63, 3.8) is 0 Å². The molecule has 0 saturated carbocycles. The molecule has 0 saturated heterocycles. The van der Waals surface area contributed by atoms with Crippen LogP contribution in [0.25, 0.3) is 32.6 Å². The van der Waals surface area contributed by atoms with Gasteiger partial charge in [0.15, 0.2) is 0 Å². The van der Waals surface area contributed by atoms with Crippen LogP contribution in [0.1, 0.15) is 73.9 Å². The van der Waals surface area contributed by atoms with Crippen molar-refractivity contribution in [2.24, 2.45) is 14.1 Å². The fourth-order valence-electron chi connectivity index (χ4n) is 8.48. The van der Waals surface area contributed by atoms with Gasteiger partial charge in [-0.25, -0.2) is 0 Å². The lowest BCUT2D eigenvalue weighted by Gasteiger charge is -2.37. The van der Waals surface area contributed by atoms with Gasteiger partial charge in [-0.1, -0.05) is 46.9 Å². The summed E-state index contributed by atoms with van der Waals surface area (Å²) in [6, 6.07) is 26.1. The van der Waals surface area contributed by atoms with Gasteiger partial charge in [0.2, 0.25) is 16.0 Å². The average molecular weight is 967 g/mol. The Kier molecular flexibility index (Phi) is 13.3. The van der Waals surface area contributed by atoms with Gasteiger partial charge in [-0.2, -0.15) is 9.13 Å². The van der Waals surface area contributed by atoms with Crippen LogP contribution in [-0.2, 0) is 39.8 Å². The van der Waals surface area contributed by atoms with Crippen LogP contribution >= 0.6 is 22.7 Å². The van der Waals surface area contributed by atoms with Gasteiger partial charge >= 0.3 is 0 Å². The van der Waals surface area contributed by atoms with Crippen LogP contribution in [0.5, 0.6) is 0 Å². The molecule has 53 heavy (non-hydrogen) atoms. The van der Waals surface area contributed by atoms with Crippen molar-refractivity contribution in [2.75, 3.05) is 36.0 Å². The lowest BCUT2D eigenvalue weighted by atomic mass is 9.90. The predicted octanol–water partition coefficient (Wildman–Crippen LogP) is 2.84. The minimum atomic E-state index is 0. The Labute approximate surface area is 356 Å². The molecule has 0 radical (unpaired) electrons. The molecule has 5 nitrogen and oxygen atoms in total. The van der Waals surface area contributed by atoms with Crippen LogP contribution in [0.3, 0.4) is 0 Å². The van der Waals surface area contributed by atoms with E-state index >= 15 is 0 Å². The third-order valence-corrected chi connectivity index (χ3v) is 13.3. The van der Waals surface area contributed by atoms with E-state index in [0.29, 0.717) is 0 Å². The number of rotatable bonds is 3. The molecule has 0 amide bonds. The molecule has 0 aliphatic carbocycles. The first-order valence-corrected chi connectivity index (χ1v) is 20.3. The van der Waals surface area contributed by atoms with Gasteiger partial charge in [-0.15, -0.1) is 0 Å². The van der Waals surface area contributed by atoms with E-state index in [0.717, 1.165) is 24.7 Å². The van der Waals surface area contributed by atoms with Crippen molar-refractivity contribution < 1.29 is 61.9 Å². The second kappa shape index (κ2) is 17.7. The normalized spacial score (nSPS) is 15.3. The number of carbonyl (C=O) groups is 1. The third-order valence-electron chi connectivity index (χ3n) is 11.0. The van der Waals surface area contributed by atoms with Crippen LogP contribution in [-0.4, -0.2) is 32.5 Å². The SMILES string of the molecule is C[n+]1c(/C=C/c2cc3c4c(c2)CCCN4CCC3)sc2ccccc21.Cc1sc2ccccc2[n+]1C.O=Cc1cc2c3c(c1)CCCN3CCC2.[I-].[I-]. The third kappa shape index (κ3) is 8.38. The van der Waals surface area contributed by atoms with Crippen molar-refractivity contribution in [3.8, 4) is 0 Å². The van der Waals surface area contributed by atoms with Crippen molar-refractivity contribution in [2.45, 2.75) is 58.3 Å². The van der Waals surface area contributed by atoms with Crippen LogP contribution in [0.4, 0.5) is 11.4 Å². The Hall–Kier alpha value is -2.87. The number of carbonyl (C=O) groups excluding carboxylic acids is 1. The lowest BCUT2D eigenvalue weighted by molar-refractivity contribution is -0.646. The number of hydrogen-bond donors (Lipinski definition) is 0. The maximum Gasteiger partial charge on any atom is 0.262 e. The minimum Gasteiger partial charge on any atom is -1.00 e. The molecule has 0 unspecified atom stereocenters. The van der Waals surface area contributed by atoms with Crippen LogP contribution < -0.4 is 66.9 Å². The number of hydrogen-bond acceptors (Lipinski definition) is 5. The number of nitrogens with zero attached hydrogens (tertiary/aromatic N) is 4. The number of thiazole rings is 2. The smallest absolute Gasteiger partial charge is 0.262 e. The summed E-state index contributed by atoms with van der Waals surface area (Å²) in [5.41, 5.74) is 13.7. The maximum absolute atomic E-state index is 10.8. The van der Waals surface area contributed by atoms with Gasteiger partial charge in [0, 0.05) is 68.2 Å². The number of benzene rings is 4. The molecular weight excluding hydrogens is 918 g/mol. The van der Waals surface area contributed by atoms with Crippen molar-refractivity contribution in [3.05, 3.63) is 116 Å². The first-order chi connectivity index (χ1) is 25.0. The first-order valence-electron chi connectivity index (χ1n) is 18.6. The monoisotopic (exact) mass is 966 g/mol. The molecule has 6 aromatic rings. The van der Waals surface area contributed by atoms with E-state index in [1.54, 1.807) is 16.8 Å². The van der Waals surface area contributed by atoms with E-state index in [2.05, 4.69) is 125 Å². The Bertz CT molecular complexity index is 2210. The van der Waals surface area contributed by atoms with E-state index in [1.807, 2.05) is 22.7 Å². The number of halogens is 2. The van der Waals surface area contributed by atoms with E-state index < -0.39 is 0 Å². The molecule has 0 N–H and O–H groups in total. The summed E-state index contributed by atoms with van der Waals surface area (Å²) in [7, 11) is 4.27. The number of anilines is 2. The molecule has 6 heterocycles. The summed E-state index contributed by atoms with van der Waals surface area (Å²) in [6.07, 6.45) is 15.4. The molecule has 0 bridgehead atoms. The first kappa shape index (κ1) is 39.8. The number of aryl methyl sites for hydroxylation is 7. The van der Waals surface area contributed by atoms with E-state index in [-0.39, 0.29) is 48.0 Å². The average Bonchev–Trinajstić information content (AvgIpc) is 3.65. The Balaban J connectivity index is 0.000000147. The zero-order valence-corrected chi connectivity index (χ0v) is 36.9. The quantitative estimate of drug-likeness (QED) is 0.156. The summed E-state index contributed by atoms with van der Waals surface area (Å²) in [5.74, 6) is 0. The van der Waals surface area contributed by atoms with Gasteiger partial charge in [0.1, 0.15) is 29.8 Å². The molecule has 4 aliphatic heterocycles. The second-order valence-corrected chi connectivity index (χ2v) is 16.6. The highest BCUT2D eigenvalue weighted by Gasteiger charge is 2.25. The fourth-order valence-corrected chi connectivity index (χ4v) is 10.5. The lowest BCUT2D eigenvalue weighted by Crippen LogP contribution is -3.00. The summed E-state index contributed by atoms with van der Waals surface area (Å²) in [6.45, 7) is 7.02. The standard InChI is InChI=1S/C22H23N2S.C13H15NO.C9H10NS.2HI/c1-23-19-8-2-3-9-20(19)25-21(23)11-10-16-14-17-6-4-12-24-13-5-7-18(15-16)22(17)24;15-9-10-7-11-3-1-5-14-6-2-4-12(8-10)13(11)14;1-7-10(2)8-5-3-4-6-9(8)11-7;;/h2-3,8-11,14-15H,4-7,12-13H2,1H3;7-9H,1-6H2;3-6H,1-2H3;2*1H/q+1;;+1;;/p-2. The zero-order chi connectivity index (χ0) is 34.9. The highest BCUT2D eigenvalue weighted by molar-refractivity contribution is 7.19. The fraction of sp³-hybridized carbons (Fsp3) is 0.341.